The summed E-state index contributed by atoms with van der Waals surface area (Å²) in [5, 5.41) is 0.738. The van der Waals surface area contributed by atoms with E-state index in [9.17, 15) is 4.79 Å². The minimum atomic E-state index is -0.0524. The summed E-state index contributed by atoms with van der Waals surface area (Å²) in [4.78, 5) is 21.9. The number of carbonyl (C=O) groups is 1. The largest absolute Gasteiger partial charge is 0.497 e. The predicted molar refractivity (Wildman–Crippen MR) is 119 cm³/mol. The van der Waals surface area contributed by atoms with Crippen molar-refractivity contribution in [2.24, 2.45) is 0 Å². The molecule has 0 radical (unpaired) electrons. The number of halogens is 1. The highest BCUT2D eigenvalue weighted by Gasteiger charge is 2.21. The first-order valence-corrected chi connectivity index (χ1v) is 9.77. The summed E-state index contributed by atoms with van der Waals surface area (Å²) in [6.45, 7) is 3.59. The Morgan fingerprint density at radius 1 is 1.14 bits per heavy atom. The van der Waals surface area contributed by atoms with Gasteiger partial charge in [0.25, 0.3) is 5.91 Å². The van der Waals surface area contributed by atoms with E-state index in [1.807, 2.05) is 44.4 Å². The van der Waals surface area contributed by atoms with Gasteiger partial charge in [-0.05, 0) is 69.9 Å². The number of aromatic nitrogens is 1. The quantitative estimate of drug-likeness (QED) is 0.560. The molecule has 0 N–H and O–H groups in total. The monoisotopic (exact) mass is 419 g/mol. The molecular weight excluding hydrogens is 394 g/mol. The summed E-state index contributed by atoms with van der Waals surface area (Å²) >= 11 is 1.56. The molecule has 2 aromatic carbocycles. The second kappa shape index (κ2) is 9.87. The van der Waals surface area contributed by atoms with E-state index in [0.29, 0.717) is 17.9 Å². The number of rotatable bonds is 7. The molecule has 0 aliphatic carbocycles. The fraction of sp³-hybridized carbons (Fsp3) is 0.333. The lowest BCUT2D eigenvalue weighted by atomic mass is 10.2. The number of benzene rings is 2. The molecule has 1 aromatic heterocycles. The van der Waals surface area contributed by atoms with E-state index < -0.39 is 0 Å². The number of methoxy groups -OCH3 is 1. The number of nitrogens with zero attached hydrogens (tertiary/aromatic N) is 3. The maximum atomic E-state index is 13.3. The van der Waals surface area contributed by atoms with Gasteiger partial charge in [-0.3, -0.25) is 9.69 Å². The average Bonchev–Trinajstić information content (AvgIpc) is 3.07. The topological polar surface area (TPSA) is 45.7 Å². The molecule has 1 amide bonds. The Hall–Kier alpha value is -2.15. The molecule has 0 bridgehead atoms. The average molecular weight is 420 g/mol. The van der Waals surface area contributed by atoms with Crippen LogP contribution in [0.15, 0.2) is 42.5 Å². The molecule has 5 nitrogen and oxygen atoms in total. The Morgan fingerprint density at radius 2 is 1.93 bits per heavy atom. The molecule has 0 aliphatic rings. The minimum absolute atomic E-state index is 0. The van der Waals surface area contributed by atoms with Gasteiger partial charge in [0.05, 0.1) is 17.3 Å². The fourth-order valence-corrected chi connectivity index (χ4v) is 3.96. The van der Waals surface area contributed by atoms with E-state index in [1.165, 1.54) is 5.56 Å². The van der Waals surface area contributed by atoms with Crippen LogP contribution in [0.5, 0.6) is 5.75 Å². The van der Waals surface area contributed by atoms with Crippen LogP contribution < -0.4 is 9.64 Å². The lowest BCUT2D eigenvalue weighted by molar-refractivity contribution is 0.0985. The third-order valence-electron chi connectivity index (χ3n) is 4.31. The van der Waals surface area contributed by atoms with Gasteiger partial charge in [-0.2, -0.15) is 0 Å². The van der Waals surface area contributed by atoms with Crippen molar-refractivity contribution >= 4 is 45.0 Å². The van der Waals surface area contributed by atoms with Crippen LogP contribution in [0.3, 0.4) is 0 Å². The van der Waals surface area contributed by atoms with Crippen LogP contribution in [-0.4, -0.2) is 50.1 Å². The zero-order valence-corrected chi connectivity index (χ0v) is 18.3. The van der Waals surface area contributed by atoms with Crippen molar-refractivity contribution < 1.29 is 9.53 Å². The van der Waals surface area contributed by atoms with Crippen LogP contribution in [0.2, 0.25) is 0 Å². The summed E-state index contributed by atoms with van der Waals surface area (Å²) in [5.41, 5.74) is 2.72. The van der Waals surface area contributed by atoms with Crippen LogP contribution in [-0.2, 0) is 0 Å². The standard InChI is InChI=1S/C21H25N3O2S.ClH/c1-15-9-10-18-19(13-15)27-21(22-18)24(12-6-11-23(2)3)20(25)16-7-5-8-17(14-16)26-4;/h5,7-10,13-14H,6,11-12H2,1-4H3;1H. The predicted octanol–water partition coefficient (Wildman–Crippen LogP) is 4.63. The Balaban J connectivity index is 0.00000280. The van der Waals surface area contributed by atoms with Crippen LogP contribution in [0.25, 0.3) is 10.2 Å². The number of anilines is 1. The van der Waals surface area contributed by atoms with Crippen molar-refractivity contribution in [3.8, 4) is 5.75 Å². The lowest BCUT2D eigenvalue weighted by Crippen LogP contribution is -2.33. The third-order valence-corrected chi connectivity index (χ3v) is 5.35. The summed E-state index contributed by atoms with van der Waals surface area (Å²) in [5.74, 6) is 0.623. The first-order valence-electron chi connectivity index (χ1n) is 8.96. The normalized spacial score (nSPS) is 10.8. The highest BCUT2D eigenvalue weighted by Crippen LogP contribution is 2.31. The molecule has 0 saturated heterocycles. The number of hydrogen-bond donors (Lipinski definition) is 0. The Labute approximate surface area is 176 Å². The molecule has 0 spiro atoms. The molecule has 7 heteroatoms. The maximum Gasteiger partial charge on any atom is 0.260 e. The van der Waals surface area contributed by atoms with Crippen molar-refractivity contribution in [1.29, 1.82) is 0 Å². The van der Waals surface area contributed by atoms with Gasteiger partial charge in [0.15, 0.2) is 5.13 Å². The molecule has 150 valence electrons. The molecule has 1 heterocycles. The molecule has 0 atom stereocenters. The Bertz CT molecular complexity index is 942. The number of aryl methyl sites for hydroxylation is 1. The first kappa shape index (κ1) is 22.1. The van der Waals surface area contributed by atoms with E-state index in [0.717, 1.165) is 28.3 Å². The van der Waals surface area contributed by atoms with Gasteiger partial charge in [-0.1, -0.05) is 23.5 Å². The SMILES string of the molecule is COc1cccc(C(=O)N(CCCN(C)C)c2nc3ccc(C)cc3s2)c1.Cl. The molecule has 0 fully saturated rings. The van der Waals surface area contributed by atoms with Gasteiger partial charge in [0, 0.05) is 12.1 Å². The van der Waals surface area contributed by atoms with Crippen LogP contribution in [0, 0.1) is 6.92 Å². The minimum Gasteiger partial charge on any atom is -0.497 e. The van der Waals surface area contributed by atoms with Crippen LogP contribution in [0.1, 0.15) is 22.3 Å². The highest BCUT2D eigenvalue weighted by atomic mass is 35.5. The van der Waals surface area contributed by atoms with Crippen molar-refractivity contribution in [2.75, 3.05) is 39.2 Å². The van der Waals surface area contributed by atoms with E-state index in [1.54, 1.807) is 29.4 Å². The summed E-state index contributed by atoms with van der Waals surface area (Å²) in [6, 6.07) is 13.5. The van der Waals surface area contributed by atoms with Gasteiger partial charge >= 0.3 is 0 Å². The van der Waals surface area contributed by atoms with Gasteiger partial charge in [0.2, 0.25) is 0 Å². The second-order valence-corrected chi connectivity index (χ2v) is 7.82. The van der Waals surface area contributed by atoms with Crippen molar-refractivity contribution in [1.82, 2.24) is 9.88 Å². The van der Waals surface area contributed by atoms with Crippen molar-refractivity contribution in [3.63, 3.8) is 0 Å². The Kier molecular flexibility index (Phi) is 7.80. The van der Waals surface area contributed by atoms with Gasteiger partial charge in [0.1, 0.15) is 5.75 Å². The smallest absolute Gasteiger partial charge is 0.260 e. The molecule has 0 saturated carbocycles. The summed E-state index contributed by atoms with van der Waals surface area (Å²) in [7, 11) is 5.68. The lowest BCUT2D eigenvalue weighted by Gasteiger charge is -2.21. The zero-order chi connectivity index (χ0) is 19.4. The molecule has 0 aliphatic heterocycles. The first-order chi connectivity index (χ1) is 13.0. The van der Waals surface area contributed by atoms with Crippen molar-refractivity contribution in [2.45, 2.75) is 13.3 Å². The second-order valence-electron chi connectivity index (χ2n) is 6.81. The number of amides is 1. The number of hydrogen-bond acceptors (Lipinski definition) is 5. The maximum absolute atomic E-state index is 13.3. The summed E-state index contributed by atoms with van der Waals surface area (Å²) < 4.78 is 6.37. The number of ether oxygens (including phenoxy) is 1. The van der Waals surface area contributed by atoms with E-state index in [4.69, 9.17) is 9.72 Å². The molecule has 28 heavy (non-hydrogen) atoms. The highest BCUT2D eigenvalue weighted by molar-refractivity contribution is 7.22. The van der Waals surface area contributed by atoms with Crippen LogP contribution in [0.4, 0.5) is 5.13 Å². The van der Waals surface area contributed by atoms with Gasteiger partial charge in [-0.15, -0.1) is 12.4 Å². The number of fused-ring (bicyclic) bond motifs is 1. The van der Waals surface area contributed by atoms with Crippen molar-refractivity contribution in [3.05, 3.63) is 53.6 Å². The van der Waals surface area contributed by atoms with Gasteiger partial charge < -0.3 is 9.64 Å². The zero-order valence-electron chi connectivity index (χ0n) is 16.6. The summed E-state index contributed by atoms with van der Waals surface area (Å²) in [6.07, 6.45) is 0.873. The molecule has 0 unspecified atom stereocenters. The molecule has 3 aromatic rings. The molecule has 3 rings (SSSR count). The third kappa shape index (κ3) is 5.22. The van der Waals surface area contributed by atoms with E-state index in [-0.39, 0.29) is 18.3 Å². The Morgan fingerprint density at radius 3 is 2.64 bits per heavy atom. The number of thiazole rings is 1. The van der Waals surface area contributed by atoms with Gasteiger partial charge in [-0.25, -0.2) is 4.98 Å². The van der Waals surface area contributed by atoms with E-state index >= 15 is 0 Å². The molecular formula is C21H26ClN3O2S. The van der Waals surface area contributed by atoms with E-state index in [2.05, 4.69) is 17.9 Å². The fourth-order valence-electron chi connectivity index (χ4n) is 2.88. The number of carbonyl (C=O) groups excluding carboxylic acids is 1. The van der Waals surface area contributed by atoms with Crippen LogP contribution >= 0.6 is 23.7 Å².